The summed E-state index contributed by atoms with van der Waals surface area (Å²) >= 11 is 0. The fourth-order valence-electron chi connectivity index (χ4n) is 1.50. The molecule has 0 fully saturated rings. The predicted molar refractivity (Wildman–Crippen MR) is 85.7 cm³/mol. The van der Waals surface area contributed by atoms with Crippen molar-refractivity contribution in [3.05, 3.63) is 12.0 Å². The van der Waals surface area contributed by atoms with E-state index >= 15 is 0 Å². The lowest BCUT2D eigenvalue weighted by atomic mass is 10.1. The first kappa shape index (κ1) is 17.8. The van der Waals surface area contributed by atoms with Gasteiger partial charge < -0.3 is 8.85 Å². The third kappa shape index (κ3) is 12.2. The Kier molecular flexibility index (Phi) is 7.95. The number of rotatable bonds is 9. The Hall–Kier alpha value is -0.226. The molecule has 0 spiro atoms. The van der Waals surface area contributed by atoms with E-state index in [2.05, 4.69) is 52.3 Å². The maximum absolute atomic E-state index is 6.03. The van der Waals surface area contributed by atoms with E-state index in [4.69, 9.17) is 8.85 Å². The second-order valence-electron chi connectivity index (χ2n) is 6.80. The van der Waals surface area contributed by atoms with Crippen LogP contribution in [0, 0.1) is 0 Å². The Bertz CT molecular complexity index is 232. The largest absolute Gasteiger partial charge is 0.521 e. The summed E-state index contributed by atoms with van der Waals surface area (Å²) in [4.78, 5) is 0. The molecule has 0 aromatic rings. The van der Waals surface area contributed by atoms with E-state index in [1.165, 1.54) is 25.7 Å². The van der Waals surface area contributed by atoms with Gasteiger partial charge in [0.1, 0.15) is 0 Å². The molecule has 0 aliphatic rings. The molecule has 108 valence electrons. The minimum absolute atomic E-state index is 0.796. The number of hydrogen-bond donors (Lipinski definition) is 0. The lowest BCUT2D eigenvalue weighted by Crippen LogP contribution is -2.31. The third-order valence-electron chi connectivity index (χ3n) is 2.18. The SMILES string of the molecule is CCCCCCC=C(O[Si](C)(C)C)O[Si](C)(C)C. The monoisotopic (exact) mass is 288 g/mol. The van der Waals surface area contributed by atoms with Crippen molar-refractivity contribution in [1.29, 1.82) is 0 Å². The summed E-state index contributed by atoms with van der Waals surface area (Å²) < 4.78 is 12.1. The Morgan fingerprint density at radius 1 is 0.833 bits per heavy atom. The van der Waals surface area contributed by atoms with Crippen molar-refractivity contribution in [2.24, 2.45) is 0 Å². The fraction of sp³-hybridized carbons (Fsp3) is 0.857. The average Bonchev–Trinajstić information content (AvgIpc) is 2.12. The minimum atomic E-state index is -1.57. The molecule has 0 saturated heterocycles. The molecule has 0 heterocycles. The van der Waals surface area contributed by atoms with E-state index < -0.39 is 16.6 Å². The van der Waals surface area contributed by atoms with Crippen molar-refractivity contribution < 1.29 is 8.85 Å². The molecule has 0 aromatic heterocycles. The van der Waals surface area contributed by atoms with Gasteiger partial charge in [-0.2, -0.15) is 0 Å². The van der Waals surface area contributed by atoms with Gasteiger partial charge in [-0.05, 0) is 58.2 Å². The molecule has 18 heavy (non-hydrogen) atoms. The Balaban J connectivity index is 4.32. The van der Waals surface area contributed by atoms with Gasteiger partial charge in [0.2, 0.25) is 22.6 Å². The number of hydrogen-bond acceptors (Lipinski definition) is 2. The summed E-state index contributed by atoms with van der Waals surface area (Å²) in [5, 5.41) is 0. The highest BCUT2D eigenvalue weighted by Gasteiger charge is 2.23. The van der Waals surface area contributed by atoms with Gasteiger partial charge in [0.05, 0.1) is 0 Å². The van der Waals surface area contributed by atoms with Crippen LogP contribution < -0.4 is 0 Å². The van der Waals surface area contributed by atoms with Gasteiger partial charge in [0.15, 0.2) is 0 Å². The van der Waals surface area contributed by atoms with E-state index in [1.54, 1.807) is 0 Å². The van der Waals surface area contributed by atoms with Crippen LogP contribution >= 0.6 is 0 Å². The second-order valence-corrected chi connectivity index (χ2v) is 15.7. The molecule has 0 bridgehead atoms. The molecule has 4 heteroatoms. The lowest BCUT2D eigenvalue weighted by Gasteiger charge is -2.27. The average molecular weight is 289 g/mol. The topological polar surface area (TPSA) is 18.5 Å². The van der Waals surface area contributed by atoms with Crippen molar-refractivity contribution in [2.45, 2.75) is 78.3 Å². The van der Waals surface area contributed by atoms with Gasteiger partial charge in [0.25, 0.3) is 0 Å². The molecule has 0 amide bonds. The molecule has 0 unspecified atom stereocenters. The van der Waals surface area contributed by atoms with E-state index in [-0.39, 0.29) is 0 Å². The van der Waals surface area contributed by atoms with Gasteiger partial charge in [-0.25, -0.2) is 0 Å². The van der Waals surface area contributed by atoms with Gasteiger partial charge >= 0.3 is 0 Å². The molecular formula is C14H32O2Si2. The smallest absolute Gasteiger partial charge is 0.247 e. The molecule has 0 N–H and O–H groups in total. The standard InChI is InChI=1S/C14H32O2Si2/c1-8-9-10-11-12-13-14(15-17(2,3)4)16-18(5,6)7/h13H,8-12H2,1-7H3. The van der Waals surface area contributed by atoms with Crippen LogP contribution in [0.1, 0.15) is 39.0 Å². The van der Waals surface area contributed by atoms with Crippen molar-refractivity contribution in [1.82, 2.24) is 0 Å². The van der Waals surface area contributed by atoms with Gasteiger partial charge in [-0.15, -0.1) is 0 Å². The van der Waals surface area contributed by atoms with Gasteiger partial charge in [-0.1, -0.05) is 26.2 Å². The molecule has 0 aliphatic heterocycles. The van der Waals surface area contributed by atoms with Crippen LogP contribution in [0.3, 0.4) is 0 Å². The molecule has 0 saturated carbocycles. The molecular weight excluding hydrogens is 256 g/mol. The summed E-state index contributed by atoms with van der Waals surface area (Å²) in [5.74, 6) is 0.796. The van der Waals surface area contributed by atoms with Crippen LogP contribution in [0.15, 0.2) is 12.0 Å². The summed E-state index contributed by atoms with van der Waals surface area (Å²) in [5.41, 5.74) is 0. The van der Waals surface area contributed by atoms with E-state index in [0.29, 0.717) is 0 Å². The maximum Gasteiger partial charge on any atom is 0.247 e. The molecule has 0 aromatic carbocycles. The minimum Gasteiger partial charge on any atom is -0.521 e. The highest BCUT2D eigenvalue weighted by atomic mass is 28.4. The first-order chi connectivity index (χ1) is 8.14. The summed E-state index contributed by atoms with van der Waals surface area (Å²) in [6.45, 7) is 15.4. The number of unbranched alkanes of at least 4 members (excludes halogenated alkanes) is 4. The second kappa shape index (κ2) is 8.05. The maximum atomic E-state index is 6.03. The predicted octanol–water partition coefficient (Wildman–Crippen LogP) is 5.50. The normalized spacial score (nSPS) is 12.2. The van der Waals surface area contributed by atoms with Gasteiger partial charge in [-0.3, -0.25) is 0 Å². The van der Waals surface area contributed by atoms with E-state index in [0.717, 1.165) is 12.4 Å². The zero-order chi connectivity index (χ0) is 14.2. The first-order valence-electron chi connectivity index (χ1n) is 7.22. The van der Waals surface area contributed by atoms with Crippen LogP contribution in [0.5, 0.6) is 0 Å². The summed E-state index contributed by atoms with van der Waals surface area (Å²) in [6, 6.07) is 0. The van der Waals surface area contributed by atoms with Crippen LogP contribution in [0.2, 0.25) is 39.3 Å². The Morgan fingerprint density at radius 2 is 1.33 bits per heavy atom. The van der Waals surface area contributed by atoms with Crippen LogP contribution in [-0.2, 0) is 8.85 Å². The quantitative estimate of drug-likeness (QED) is 0.317. The van der Waals surface area contributed by atoms with Crippen LogP contribution in [0.4, 0.5) is 0 Å². The Labute approximate surface area is 116 Å². The fourth-order valence-corrected chi connectivity index (χ4v) is 3.04. The van der Waals surface area contributed by atoms with E-state index in [1.807, 2.05) is 0 Å². The van der Waals surface area contributed by atoms with Crippen LogP contribution in [0.25, 0.3) is 0 Å². The highest BCUT2D eigenvalue weighted by molar-refractivity contribution is 6.71. The van der Waals surface area contributed by atoms with Crippen molar-refractivity contribution in [3.8, 4) is 0 Å². The lowest BCUT2D eigenvalue weighted by molar-refractivity contribution is 0.214. The molecule has 2 nitrogen and oxygen atoms in total. The van der Waals surface area contributed by atoms with Crippen molar-refractivity contribution in [3.63, 3.8) is 0 Å². The zero-order valence-corrected chi connectivity index (χ0v) is 15.4. The molecule has 0 atom stereocenters. The van der Waals surface area contributed by atoms with Crippen LogP contribution in [-0.4, -0.2) is 16.6 Å². The van der Waals surface area contributed by atoms with E-state index in [9.17, 15) is 0 Å². The molecule has 0 rings (SSSR count). The summed E-state index contributed by atoms with van der Waals surface area (Å²) in [7, 11) is -3.13. The number of allylic oxidation sites excluding steroid dienone is 1. The van der Waals surface area contributed by atoms with Gasteiger partial charge in [0, 0.05) is 0 Å². The van der Waals surface area contributed by atoms with Crippen molar-refractivity contribution >= 4 is 16.6 Å². The Morgan fingerprint density at radius 3 is 1.72 bits per heavy atom. The summed E-state index contributed by atoms with van der Waals surface area (Å²) in [6.07, 6.45) is 8.39. The van der Waals surface area contributed by atoms with Crippen molar-refractivity contribution in [2.75, 3.05) is 0 Å². The first-order valence-corrected chi connectivity index (χ1v) is 14.0. The zero-order valence-electron chi connectivity index (χ0n) is 13.4. The molecule has 0 aliphatic carbocycles. The third-order valence-corrected chi connectivity index (χ3v) is 3.81. The molecule has 0 radical (unpaired) electrons. The highest BCUT2D eigenvalue weighted by Crippen LogP contribution is 2.18.